The number of halogens is 1. The molecule has 6 heteroatoms. The van der Waals surface area contributed by atoms with Gasteiger partial charge in [-0.05, 0) is 113 Å². The first-order valence-corrected chi connectivity index (χ1v) is 16.1. The first kappa shape index (κ1) is 29.3. The topological polar surface area (TPSA) is 49.8 Å². The van der Waals surface area contributed by atoms with E-state index in [1.165, 1.54) is 103 Å². The molecule has 4 aliphatic carbocycles. The number of rotatable bonds is 3. The summed E-state index contributed by atoms with van der Waals surface area (Å²) in [6, 6.07) is 0.817. The summed E-state index contributed by atoms with van der Waals surface area (Å²) >= 11 is 0. The van der Waals surface area contributed by atoms with Gasteiger partial charge in [0.1, 0.15) is 18.2 Å². The minimum atomic E-state index is -0.145. The number of likely N-dealkylation sites (N-methyl/N-ethyl adjacent to an activating group) is 1. The molecule has 4 saturated carbocycles. The van der Waals surface area contributed by atoms with Crippen molar-refractivity contribution in [3.05, 3.63) is 0 Å². The molecule has 0 radical (unpaired) electrons. The summed E-state index contributed by atoms with van der Waals surface area (Å²) in [5.74, 6) is 2.74. The molecule has 0 amide bonds. The summed E-state index contributed by atoms with van der Waals surface area (Å²) in [4.78, 5) is 14.8. The Morgan fingerprint density at radius 1 is 0.921 bits per heavy atom. The zero-order chi connectivity index (χ0) is 26.0. The van der Waals surface area contributed by atoms with Crippen molar-refractivity contribution in [3.8, 4) is 0 Å². The Morgan fingerprint density at radius 3 is 2.29 bits per heavy atom. The van der Waals surface area contributed by atoms with Crippen molar-refractivity contribution in [2.45, 2.75) is 129 Å². The van der Waals surface area contributed by atoms with Crippen molar-refractivity contribution in [1.29, 1.82) is 0 Å². The van der Waals surface area contributed by atoms with E-state index in [-0.39, 0.29) is 40.6 Å². The van der Waals surface area contributed by atoms with E-state index in [1.807, 2.05) is 0 Å². The molecule has 0 aromatic heterocycles. The second kappa shape index (κ2) is 10.9. The van der Waals surface area contributed by atoms with Gasteiger partial charge in [0.2, 0.25) is 0 Å². The molecule has 6 rings (SSSR count). The molecule has 0 spiro atoms. The minimum absolute atomic E-state index is 0. The molecule has 218 valence electrons. The summed E-state index contributed by atoms with van der Waals surface area (Å²) in [5.41, 5.74) is 0.421. The number of piperidine rings is 2. The van der Waals surface area contributed by atoms with Crippen LogP contribution in [-0.4, -0.2) is 78.0 Å². The number of quaternary nitrogens is 1. The van der Waals surface area contributed by atoms with E-state index in [2.05, 4.69) is 25.8 Å². The lowest BCUT2D eigenvalue weighted by Crippen LogP contribution is -3.00. The van der Waals surface area contributed by atoms with Gasteiger partial charge in [0.25, 0.3) is 0 Å². The maximum atomic E-state index is 12.1. The van der Waals surface area contributed by atoms with Gasteiger partial charge in [0.05, 0.1) is 20.1 Å². The molecule has 10 atom stereocenters. The molecule has 0 aromatic carbocycles. The predicted molar refractivity (Wildman–Crippen MR) is 147 cm³/mol. The highest BCUT2D eigenvalue weighted by Gasteiger charge is 2.66. The standard InChI is InChI=1S/C32H55N2O3.BrH/c1-22(35)37-29-19-23-11-12-24-25(32(23,3)21-27(29)33-15-7-5-8-16-33)13-14-31(2)26(24)20-28(30(31)36)34(4)17-9-6-10-18-34;/h23-30,36H,5-21H2,1-4H3;1H/q+1;/p-1/t23-,24+,25-,26-,27-,28-,29-,30-,31-,32-;/m0./s1. The van der Waals surface area contributed by atoms with E-state index in [9.17, 15) is 9.90 Å². The van der Waals surface area contributed by atoms with Crippen LogP contribution in [0.4, 0.5) is 0 Å². The lowest BCUT2D eigenvalue weighted by Gasteiger charge is -2.62. The fourth-order valence-corrected chi connectivity index (χ4v) is 11.4. The van der Waals surface area contributed by atoms with Gasteiger partial charge in [0.15, 0.2) is 0 Å². The van der Waals surface area contributed by atoms with Crippen LogP contribution in [0.2, 0.25) is 0 Å². The number of ether oxygens (including phenoxy) is 1. The molecule has 5 nitrogen and oxygen atoms in total. The quantitative estimate of drug-likeness (QED) is 0.403. The van der Waals surface area contributed by atoms with E-state index in [0.717, 1.165) is 22.7 Å². The van der Waals surface area contributed by atoms with Crippen LogP contribution >= 0.6 is 0 Å². The Balaban J connectivity index is 0.00000294. The van der Waals surface area contributed by atoms with Crippen LogP contribution in [0.15, 0.2) is 0 Å². The Labute approximate surface area is 242 Å². The molecule has 1 N–H and O–H groups in total. The number of aliphatic hydroxyl groups excluding tert-OH is 1. The third kappa shape index (κ3) is 4.73. The number of hydrogen-bond donors (Lipinski definition) is 1. The van der Waals surface area contributed by atoms with E-state index in [4.69, 9.17) is 4.74 Å². The second-order valence-electron chi connectivity index (χ2n) is 15.2. The number of carbonyl (C=O) groups excluding carboxylic acids is 1. The van der Waals surface area contributed by atoms with Gasteiger partial charge in [-0.15, -0.1) is 0 Å². The second-order valence-corrected chi connectivity index (χ2v) is 15.2. The third-order valence-electron chi connectivity index (χ3n) is 13.4. The normalized spacial score (nSPS) is 48.7. The van der Waals surface area contributed by atoms with Gasteiger partial charge >= 0.3 is 5.97 Å². The summed E-state index contributed by atoms with van der Waals surface area (Å²) < 4.78 is 7.18. The largest absolute Gasteiger partial charge is 1.00 e. The third-order valence-corrected chi connectivity index (χ3v) is 13.4. The van der Waals surface area contributed by atoms with Crippen LogP contribution in [0.5, 0.6) is 0 Å². The van der Waals surface area contributed by atoms with Crippen molar-refractivity contribution in [2.75, 3.05) is 33.2 Å². The highest BCUT2D eigenvalue weighted by atomic mass is 79.9. The van der Waals surface area contributed by atoms with Crippen molar-refractivity contribution in [3.63, 3.8) is 0 Å². The van der Waals surface area contributed by atoms with Gasteiger partial charge in [-0.25, -0.2) is 0 Å². The molecule has 6 fully saturated rings. The molecule has 2 heterocycles. The van der Waals surface area contributed by atoms with E-state index in [1.54, 1.807) is 6.92 Å². The molecular weight excluding hydrogens is 540 g/mol. The Bertz CT molecular complexity index is 858. The van der Waals surface area contributed by atoms with Crippen LogP contribution < -0.4 is 17.0 Å². The fourth-order valence-electron chi connectivity index (χ4n) is 11.4. The van der Waals surface area contributed by atoms with Crippen molar-refractivity contribution in [2.24, 2.45) is 34.5 Å². The number of nitrogens with zero attached hydrogens (tertiary/aromatic N) is 2. The number of likely N-dealkylation sites (tertiary alicyclic amines) is 2. The van der Waals surface area contributed by atoms with E-state index < -0.39 is 0 Å². The average Bonchev–Trinajstić information content (AvgIpc) is 3.16. The number of esters is 1. The van der Waals surface area contributed by atoms with Crippen LogP contribution in [0, 0.1) is 34.5 Å². The van der Waals surface area contributed by atoms with Gasteiger partial charge in [0, 0.05) is 24.8 Å². The molecule has 2 aliphatic heterocycles. The maximum Gasteiger partial charge on any atom is 0.302 e. The van der Waals surface area contributed by atoms with Crippen molar-refractivity contribution >= 4 is 5.97 Å². The SMILES string of the molecule is CC(=O)O[C@H]1C[C@@H]2CC[C@@H]3[C@H](CC[C@]4(C)[C@@H](O)[C@@H]([N+]5(C)CCCCC5)C[C@@H]34)[C@@]2(C)C[C@@H]1N1CCCCC1.[Br-]. The highest BCUT2D eigenvalue weighted by Crippen LogP contribution is 2.67. The van der Waals surface area contributed by atoms with Crippen LogP contribution in [0.1, 0.15) is 104 Å². The van der Waals surface area contributed by atoms with Gasteiger partial charge in [-0.3, -0.25) is 9.69 Å². The van der Waals surface area contributed by atoms with Crippen molar-refractivity contribution in [1.82, 2.24) is 4.90 Å². The van der Waals surface area contributed by atoms with Crippen molar-refractivity contribution < 1.29 is 36.1 Å². The summed E-state index contributed by atoms with van der Waals surface area (Å²) in [6.07, 6.45) is 16.4. The monoisotopic (exact) mass is 594 g/mol. The molecule has 6 aliphatic rings. The smallest absolute Gasteiger partial charge is 0.302 e. The van der Waals surface area contributed by atoms with Gasteiger partial charge in [-0.1, -0.05) is 20.3 Å². The maximum absolute atomic E-state index is 12.1. The molecular formula is C32H55BrN2O3. The molecule has 0 unspecified atom stereocenters. The minimum Gasteiger partial charge on any atom is -1.00 e. The Hall–Kier alpha value is -0.170. The average molecular weight is 596 g/mol. The van der Waals surface area contributed by atoms with Gasteiger partial charge < -0.3 is 31.3 Å². The summed E-state index contributed by atoms with van der Waals surface area (Å²) in [6.45, 7) is 11.6. The Morgan fingerprint density at radius 2 is 1.61 bits per heavy atom. The van der Waals surface area contributed by atoms with E-state index in [0.29, 0.717) is 29.3 Å². The first-order chi connectivity index (χ1) is 17.7. The number of aliphatic hydroxyl groups is 1. The van der Waals surface area contributed by atoms with Crippen LogP contribution in [-0.2, 0) is 9.53 Å². The first-order valence-electron chi connectivity index (χ1n) is 16.1. The molecule has 0 aromatic rings. The predicted octanol–water partition coefficient (Wildman–Crippen LogP) is 2.40. The molecule has 38 heavy (non-hydrogen) atoms. The summed E-state index contributed by atoms with van der Waals surface area (Å²) in [7, 11) is 2.46. The fraction of sp³-hybridized carbons (Fsp3) is 0.969. The van der Waals surface area contributed by atoms with Gasteiger partial charge in [-0.2, -0.15) is 0 Å². The molecule has 2 saturated heterocycles. The lowest BCUT2D eigenvalue weighted by atomic mass is 9.44. The zero-order valence-corrected chi connectivity index (χ0v) is 26.3. The highest BCUT2D eigenvalue weighted by molar-refractivity contribution is 5.66. The Kier molecular flexibility index (Phi) is 8.42. The number of carbonyl (C=O) groups is 1. The zero-order valence-electron chi connectivity index (χ0n) is 24.7. The number of fused-ring (bicyclic) bond motifs is 5. The van der Waals surface area contributed by atoms with Crippen LogP contribution in [0.25, 0.3) is 0 Å². The molecule has 0 bridgehead atoms. The summed E-state index contributed by atoms with van der Waals surface area (Å²) in [5, 5.41) is 11.9. The van der Waals surface area contributed by atoms with E-state index >= 15 is 0 Å². The lowest BCUT2D eigenvalue weighted by molar-refractivity contribution is -0.940. The number of hydrogen-bond acceptors (Lipinski definition) is 4. The van der Waals surface area contributed by atoms with Crippen LogP contribution in [0.3, 0.4) is 0 Å².